The second-order valence-corrected chi connectivity index (χ2v) is 3.76. The highest BCUT2D eigenvalue weighted by Gasteiger charge is 2.15. The van der Waals surface area contributed by atoms with Crippen LogP contribution in [0.25, 0.3) is 0 Å². The molecule has 2 atom stereocenters. The standard InChI is InChI=1S/C10H21N3O3/c1-3-8(4-5-14)6-12-9(15)7(2)13-10(11)16/h7-8,14H,3-6H2,1-2H3,(H,12,15)(H3,11,13,16). The molecule has 0 aliphatic carbocycles. The maximum absolute atomic E-state index is 11.5. The molecule has 0 fully saturated rings. The van der Waals surface area contributed by atoms with Gasteiger partial charge in [0, 0.05) is 13.2 Å². The Labute approximate surface area is 95.6 Å². The van der Waals surface area contributed by atoms with Crippen LogP contribution >= 0.6 is 0 Å². The van der Waals surface area contributed by atoms with E-state index in [2.05, 4.69) is 10.6 Å². The number of rotatable bonds is 7. The van der Waals surface area contributed by atoms with Crippen molar-refractivity contribution >= 4 is 11.9 Å². The van der Waals surface area contributed by atoms with Crippen LogP contribution in [0.2, 0.25) is 0 Å². The number of nitrogens with two attached hydrogens (primary N) is 1. The normalized spacial score (nSPS) is 13.9. The Balaban J connectivity index is 3.90. The van der Waals surface area contributed by atoms with Crippen molar-refractivity contribution < 1.29 is 14.7 Å². The molecule has 0 heterocycles. The van der Waals surface area contributed by atoms with E-state index in [9.17, 15) is 9.59 Å². The Morgan fingerprint density at radius 1 is 1.44 bits per heavy atom. The van der Waals surface area contributed by atoms with Crippen molar-refractivity contribution in [3.8, 4) is 0 Å². The lowest BCUT2D eigenvalue weighted by atomic mass is 10.0. The summed E-state index contributed by atoms with van der Waals surface area (Å²) in [5.41, 5.74) is 4.90. The molecule has 0 saturated carbocycles. The molecule has 3 amide bonds. The molecule has 94 valence electrons. The molecule has 0 rings (SSSR count). The first-order valence-corrected chi connectivity index (χ1v) is 5.45. The van der Waals surface area contributed by atoms with E-state index >= 15 is 0 Å². The molecule has 5 N–H and O–H groups in total. The summed E-state index contributed by atoms with van der Waals surface area (Å²) in [6.07, 6.45) is 1.55. The first-order valence-electron chi connectivity index (χ1n) is 5.45. The van der Waals surface area contributed by atoms with Crippen molar-refractivity contribution in [3.63, 3.8) is 0 Å². The summed E-state index contributed by atoms with van der Waals surface area (Å²) < 4.78 is 0. The molecule has 0 aromatic heterocycles. The predicted molar refractivity (Wildman–Crippen MR) is 60.7 cm³/mol. The number of aliphatic hydroxyl groups excluding tert-OH is 1. The van der Waals surface area contributed by atoms with Crippen molar-refractivity contribution in [2.24, 2.45) is 11.7 Å². The Hall–Kier alpha value is -1.30. The smallest absolute Gasteiger partial charge is 0.312 e. The first kappa shape index (κ1) is 14.7. The molecule has 0 aromatic carbocycles. The first-order chi connectivity index (χ1) is 7.51. The number of hydrogen-bond donors (Lipinski definition) is 4. The van der Waals surface area contributed by atoms with E-state index in [-0.39, 0.29) is 18.4 Å². The largest absolute Gasteiger partial charge is 0.396 e. The lowest BCUT2D eigenvalue weighted by Gasteiger charge is -2.17. The van der Waals surface area contributed by atoms with Gasteiger partial charge in [0.15, 0.2) is 0 Å². The van der Waals surface area contributed by atoms with Gasteiger partial charge in [0.1, 0.15) is 6.04 Å². The number of nitrogens with one attached hydrogen (secondary N) is 2. The van der Waals surface area contributed by atoms with Crippen LogP contribution in [0.4, 0.5) is 4.79 Å². The van der Waals surface area contributed by atoms with Gasteiger partial charge in [-0.1, -0.05) is 13.3 Å². The average Bonchev–Trinajstić information content (AvgIpc) is 2.22. The molecule has 16 heavy (non-hydrogen) atoms. The molecule has 0 aromatic rings. The Morgan fingerprint density at radius 2 is 2.06 bits per heavy atom. The van der Waals surface area contributed by atoms with Gasteiger partial charge in [0.05, 0.1) is 0 Å². The Bertz CT molecular complexity index is 233. The van der Waals surface area contributed by atoms with Crippen molar-refractivity contribution in [2.75, 3.05) is 13.2 Å². The van der Waals surface area contributed by atoms with Gasteiger partial charge < -0.3 is 21.5 Å². The maximum atomic E-state index is 11.5. The molecule has 0 spiro atoms. The van der Waals surface area contributed by atoms with Crippen LogP contribution in [0.15, 0.2) is 0 Å². The van der Waals surface area contributed by atoms with Crippen molar-refractivity contribution in [1.82, 2.24) is 10.6 Å². The summed E-state index contributed by atoms with van der Waals surface area (Å²) in [5.74, 6) is -0.00934. The lowest BCUT2D eigenvalue weighted by Crippen LogP contribution is -2.47. The number of carbonyl (C=O) groups excluding carboxylic acids is 2. The van der Waals surface area contributed by atoms with E-state index in [1.165, 1.54) is 0 Å². The lowest BCUT2D eigenvalue weighted by molar-refractivity contribution is -0.122. The fourth-order valence-corrected chi connectivity index (χ4v) is 1.31. The van der Waals surface area contributed by atoms with Gasteiger partial charge in [-0.05, 0) is 19.3 Å². The number of carbonyl (C=O) groups is 2. The highest BCUT2D eigenvalue weighted by Crippen LogP contribution is 2.05. The van der Waals surface area contributed by atoms with E-state index in [4.69, 9.17) is 10.8 Å². The van der Waals surface area contributed by atoms with E-state index in [0.29, 0.717) is 13.0 Å². The second-order valence-electron chi connectivity index (χ2n) is 3.76. The molecule has 0 radical (unpaired) electrons. The maximum Gasteiger partial charge on any atom is 0.312 e. The van der Waals surface area contributed by atoms with Gasteiger partial charge in [-0.25, -0.2) is 4.79 Å². The summed E-state index contributed by atoms with van der Waals surface area (Å²) in [6.45, 7) is 4.18. The molecule has 0 aliphatic rings. The van der Waals surface area contributed by atoms with E-state index < -0.39 is 12.1 Å². The van der Waals surface area contributed by atoms with Crippen molar-refractivity contribution in [3.05, 3.63) is 0 Å². The van der Waals surface area contributed by atoms with Gasteiger partial charge >= 0.3 is 6.03 Å². The zero-order chi connectivity index (χ0) is 12.6. The second kappa shape index (κ2) is 7.92. The van der Waals surface area contributed by atoms with Crippen LogP contribution in [0.5, 0.6) is 0 Å². The van der Waals surface area contributed by atoms with Gasteiger partial charge in [-0.3, -0.25) is 4.79 Å². The zero-order valence-electron chi connectivity index (χ0n) is 9.82. The number of aliphatic hydroxyl groups is 1. The molecule has 0 saturated heterocycles. The summed E-state index contributed by atoms with van der Waals surface area (Å²) in [4.78, 5) is 22.0. The Morgan fingerprint density at radius 3 is 2.50 bits per heavy atom. The van der Waals surface area contributed by atoms with E-state index in [1.807, 2.05) is 6.92 Å². The quantitative estimate of drug-likeness (QED) is 0.477. The number of amides is 3. The SMILES string of the molecule is CCC(CCO)CNC(=O)C(C)NC(N)=O. The predicted octanol–water partition coefficient (Wildman–Crippen LogP) is -0.432. The van der Waals surface area contributed by atoms with Crippen LogP contribution in [-0.4, -0.2) is 36.2 Å². The van der Waals surface area contributed by atoms with Crippen LogP contribution in [0.3, 0.4) is 0 Å². The molecule has 0 aliphatic heterocycles. The zero-order valence-corrected chi connectivity index (χ0v) is 9.82. The highest BCUT2D eigenvalue weighted by molar-refractivity contribution is 5.86. The molecular weight excluding hydrogens is 210 g/mol. The van der Waals surface area contributed by atoms with Crippen LogP contribution < -0.4 is 16.4 Å². The van der Waals surface area contributed by atoms with Crippen LogP contribution in [0, 0.1) is 5.92 Å². The summed E-state index contributed by atoms with van der Waals surface area (Å²) in [5, 5.41) is 13.8. The molecule has 6 nitrogen and oxygen atoms in total. The minimum absolute atomic E-state index is 0.115. The minimum Gasteiger partial charge on any atom is -0.396 e. The number of urea groups is 1. The Kier molecular flexibility index (Phi) is 7.28. The minimum atomic E-state index is -0.718. The third-order valence-corrected chi connectivity index (χ3v) is 2.43. The van der Waals surface area contributed by atoms with Gasteiger partial charge in [0.25, 0.3) is 0 Å². The number of primary amides is 1. The topological polar surface area (TPSA) is 104 Å². The van der Waals surface area contributed by atoms with Gasteiger partial charge in [-0.15, -0.1) is 0 Å². The molecule has 0 bridgehead atoms. The van der Waals surface area contributed by atoms with E-state index in [0.717, 1.165) is 6.42 Å². The van der Waals surface area contributed by atoms with Gasteiger partial charge in [-0.2, -0.15) is 0 Å². The summed E-state index contributed by atoms with van der Waals surface area (Å²) >= 11 is 0. The summed E-state index contributed by atoms with van der Waals surface area (Å²) in [7, 11) is 0. The molecule has 2 unspecified atom stereocenters. The fraction of sp³-hybridized carbons (Fsp3) is 0.800. The number of hydrogen-bond acceptors (Lipinski definition) is 3. The molecule has 6 heteroatoms. The fourth-order valence-electron chi connectivity index (χ4n) is 1.31. The summed E-state index contributed by atoms with van der Waals surface area (Å²) in [6, 6.07) is -1.35. The van der Waals surface area contributed by atoms with Gasteiger partial charge in [0.2, 0.25) is 5.91 Å². The average molecular weight is 231 g/mol. The van der Waals surface area contributed by atoms with E-state index in [1.54, 1.807) is 6.92 Å². The van der Waals surface area contributed by atoms with Crippen LogP contribution in [0.1, 0.15) is 26.7 Å². The van der Waals surface area contributed by atoms with Crippen molar-refractivity contribution in [1.29, 1.82) is 0 Å². The van der Waals surface area contributed by atoms with Crippen LogP contribution in [-0.2, 0) is 4.79 Å². The third-order valence-electron chi connectivity index (χ3n) is 2.43. The highest BCUT2D eigenvalue weighted by atomic mass is 16.3. The third kappa shape index (κ3) is 6.23. The molecular formula is C10H21N3O3. The van der Waals surface area contributed by atoms with Crippen molar-refractivity contribution in [2.45, 2.75) is 32.7 Å². The monoisotopic (exact) mass is 231 g/mol.